The maximum absolute atomic E-state index is 5.94. The van der Waals surface area contributed by atoms with Crippen molar-refractivity contribution in [2.45, 2.75) is 51.9 Å². The van der Waals surface area contributed by atoms with Crippen LogP contribution in [-0.4, -0.2) is 13.2 Å². The predicted octanol–water partition coefficient (Wildman–Crippen LogP) is 4.39. The van der Waals surface area contributed by atoms with E-state index in [1.807, 2.05) is 0 Å². The van der Waals surface area contributed by atoms with Gasteiger partial charge in [0.05, 0.1) is 6.61 Å². The molecule has 0 saturated heterocycles. The highest BCUT2D eigenvalue weighted by Crippen LogP contribution is 2.30. The van der Waals surface area contributed by atoms with Crippen molar-refractivity contribution in [2.75, 3.05) is 18.5 Å². The molecule has 0 unspecified atom stereocenters. The van der Waals surface area contributed by atoms with Crippen LogP contribution in [0.25, 0.3) is 0 Å². The largest absolute Gasteiger partial charge is 0.493 e. The zero-order valence-electron chi connectivity index (χ0n) is 11.5. The summed E-state index contributed by atoms with van der Waals surface area (Å²) < 4.78 is 5.94. The third-order valence-electron chi connectivity index (χ3n) is 3.56. The van der Waals surface area contributed by atoms with Crippen LogP contribution in [0.15, 0.2) is 18.2 Å². The molecule has 18 heavy (non-hydrogen) atoms. The summed E-state index contributed by atoms with van der Waals surface area (Å²) in [4.78, 5) is 0. The van der Waals surface area contributed by atoms with Gasteiger partial charge in [-0.2, -0.15) is 0 Å². The standard InChI is InChI=1S/C16H25NO/c1-2-3-4-5-6-13-18-16-11-7-10-15-14(16)9-8-12-17-15/h7,10-11,17H,2-6,8-9,12-13H2,1H3. The average Bonchev–Trinajstić information content (AvgIpc) is 2.43. The average molecular weight is 247 g/mol. The Morgan fingerprint density at radius 1 is 1.17 bits per heavy atom. The number of nitrogens with one attached hydrogen (secondary N) is 1. The Bertz CT molecular complexity index is 362. The van der Waals surface area contributed by atoms with Gasteiger partial charge in [-0.25, -0.2) is 0 Å². The Morgan fingerprint density at radius 2 is 2.06 bits per heavy atom. The number of anilines is 1. The SMILES string of the molecule is CCCCCCCOc1cccc2c1CCCN2. The molecule has 1 aromatic rings. The van der Waals surface area contributed by atoms with Gasteiger partial charge in [-0.15, -0.1) is 0 Å². The fraction of sp³-hybridized carbons (Fsp3) is 0.625. The van der Waals surface area contributed by atoms with Gasteiger partial charge in [-0.1, -0.05) is 38.7 Å². The van der Waals surface area contributed by atoms with E-state index in [0.717, 1.165) is 25.3 Å². The van der Waals surface area contributed by atoms with Gasteiger partial charge in [-0.05, 0) is 31.4 Å². The molecule has 1 aliphatic heterocycles. The summed E-state index contributed by atoms with van der Waals surface area (Å²) in [7, 11) is 0. The van der Waals surface area contributed by atoms with Crippen molar-refractivity contribution < 1.29 is 4.74 Å². The number of rotatable bonds is 7. The molecule has 0 saturated carbocycles. The van der Waals surface area contributed by atoms with Crippen LogP contribution in [0, 0.1) is 0 Å². The van der Waals surface area contributed by atoms with E-state index >= 15 is 0 Å². The van der Waals surface area contributed by atoms with E-state index in [2.05, 4.69) is 30.4 Å². The normalized spacial score (nSPS) is 13.8. The van der Waals surface area contributed by atoms with Gasteiger partial charge < -0.3 is 10.1 Å². The lowest BCUT2D eigenvalue weighted by Gasteiger charge is -2.20. The Balaban J connectivity index is 1.79. The number of hydrogen-bond donors (Lipinski definition) is 1. The maximum atomic E-state index is 5.94. The monoisotopic (exact) mass is 247 g/mol. The second-order valence-corrected chi connectivity index (χ2v) is 5.08. The van der Waals surface area contributed by atoms with Gasteiger partial charge in [-0.3, -0.25) is 0 Å². The molecular weight excluding hydrogens is 222 g/mol. The Labute approximate surface area is 111 Å². The lowest BCUT2D eigenvalue weighted by Crippen LogP contribution is -2.13. The molecule has 2 heteroatoms. The summed E-state index contributed by atoms with van der Waals surface area (Å²) in [6, 6.07) is 6.35. The van der Waals surface area contributed by atoms with Gasteiger partial charge in [0.1, 0.15) is 5.75 Å². The fourth-order valence-electron chi connectivity index (χ4n) is 2.50. The van der Waals surface area contributed by atoms with Crippen LogP contribution in [0.5, 0.6) is 5.75 Å². The quantitative estimate of drug-likeness (QED) is 0.721. The highest BCUT2D eigenvalue weighted by atomic mass is 16.5. The van der Waals surface area contributed by atoms with Crippen molar-refractivity contribution in [1.82, 2.24) is 0 Å². The van der Waals surface area contributed by atoms with Crippen molar-refractivity contribution in [3.63, 3.8) is 0 Å². The first kappa shape index (κ1) is 13.3. The summed E-state index contributed by atoms with van der Waals surface area (Å²) >= 11 is 0. The highest BCUT2D eigenvalue weighted by Gasteiger charge is 2.12. The van der Waals surface area contributed by atoms with Crippen LogP contribution < -0.4 is 10.1 Å². The Morgan fingerprint density at radius 3 is 2.94 bits per heavy atom. The summed E-state index contributed by atoms with van der Waals surface area (Å²) in [5.74, 6) is 1.09. The van der Waals surface area contributed by atoms with Crippen molar-refractivity contribution >= 4 is 5.69 Å². The summed E-state index contributed by atoms with van der Waals surface area (Å²) in [6.45, 7) is 4.20. The van der Waals surface area contributed by atoms with Crippen LogP contribution in [0.2, 0.25) is 0 Å². The Kier molecular flexibility index (Phi) is 5.37. The fourth-order valence-corrected chi connectivity index (χ4v) is 2.50. The van der Waals surface area contributed by atoms with E-state index in [0.29, 0.717) is 0 Å². The summed E-state index contributed by atoms with van der Waals surface area (Å²) in [5.41, 5.74) is 2.64. The molecule has 0 bridgehead atoms. The lowest BCUT2D eigenvalue weighted by atomic mass is 10.0. The van der Waals surface area contributed by atoms with E-state index in [1.54, 1.807) is 0 Å². The van der Waals surface area contributed by atoms with Crippen LogP contribution in [0.1, 0.15) is 51.0 Å². The number of ether oxygens (including phenoxy) is 1. The first-order valence-electron chi connectivity index (χ1n) is 7.40. The third kappa shape index (κ3) is 3.66. The van der Waals surface area contributed by atoms with E-state index in [4.69, 9.17) is 4.74 Å². The molecule has 0 aliphatic carbocycles. The van der Waals surface area contributed by atoms with E-state index in [9.17, 15) is 0 Å². The molecule has 0 aromatic heterocycles. The van der Waals surface area contributed by atoms with Gasteiger partial charge in [0.2, 0.25) is 0 Å². The molecule has 100 valence electrons. The van der Waals surface area contributed by atoms with Gasteiger partial charge in [0, 0.05) is 17.8 Å². The third-order valence-corrected chi connectivity index (χ3v) is 3.56. The van der Waals surface area contributed by atoms with Gasteiger partial charge in [0.15, 0.2) is 0 Å². The lowest BCUT2D eigenvalue weighted by molar-refractivity contribution is 0.301. The highest BCUT2D eigenvalue weighted by molar-refractivity contribution is 5.58. The minimum absolute atomic E-state index is 0.861. The van der Waals surface area contributed by atoms with Gasteiger partial charge in [0.25, 0.3) is 0 Å². The molecule has 0 amide bonds. The minimum Gasteiger partial charge on any atom is -0.493 e. The van der Waals surface area contributed by atoms with Crippen LogP contribution in [0.3, 0.4) is 0 Å². The predicted molar refractivity (Wildman–Crippen MR) is 77.5 cm³/mol. The van der Waals surface area contributed by atoms with Crippen molar-refractivity contribution in [3.8, 4) is 5.75 Å². The van der Waals surface area contributed by atoms with Crippen LogP contribution >= 0.6 is 0 Å². The topological polar surface area (TPSA) is 21.3 Å². The van der Waals surface area contributed by atoms with E-state index in [-0.39, 0.29) is 0 Å². The number of fused-ring (bicyclic) bond motifs is 1. The molecule has 1 aliphatic rings. The van der Waals surface area contributed by atoms with Gasteiger partial charge >= 0.3 is 0 Å². The molecule has 1 N–H and O–H groups in total. The van der Waals surface area contributed by atoms with Crippen LogP contribution in [-0.2, 0) is 6.42 Å². The Hall–Kier alpha value is -1.18. The first-order valence-corrected chi connectivity index (χ1v) is 7.40. The molecular formula is C16H25NO. The molecule has 1 heterocycles. The molecule has 0 atom stereocenters. The zero-order valence-corrected chi connectivity index (χ0v) is 11.5. The second-order valence-electron chi connectivity index (χ2n) is 5.08. The summed E-state index contributed by atoms with van der Waals surface area (Å²) in [5, 5.41) is 3.44. The zero-order chi connectivity index (χ0) is 12.6. The number of benzene rings is 1. The second kappa shape index (κ2) is 7.30. The summed E-state index contributed by atoms with van der Waals surface area (Å²) in [6.07, 6.45) is 8.83. The van der Waals surface area contributed by atoms with Crippen LogP contribution in [0.4, 0.5) is 5.69 Å². The minimum atomic E-state index is 0.861. The first-order chi connectivity index (χ1) is 8.92. The smallest absolute Gasteiger partial charge is 0.124 e. The van der Waals surface area contributed by atoms with E-state index in [1.165, 1.54) is 49.8 Å². The number of unbranched alkanes of at least 4 members (excludes halogenated alkanes) is 4. The van der Waals surface area contributed by atoms with Crippen molar-refractivity contribution in [2.24, 2.45) is 0 Å². The molecule has 1 aromatic carbocycles. The molecule has 0 spiro atoms. The van der Waals surface area contributed by atoms with E-state index < -0.39 is 0 Å². The molecule has 2 nitrogen and oxygen atoms in total. The molecule has 2 rings (SSSR count). The van der Waals surface area contributed by atoms with Crippen molar-refractivity contribution in [1.29, 1.82) is 0 Å². The number of hydrogen-bond acceptors (Lipinski definition) is 2. The molecule has 0 fully saturated rings. The molecule has 0 radical (unpaired) electrons. The van der Waals surface area contributed by atoms with Crippen molar-refractivity contribution in [3.05, 3.63) is 23.8 Å². The maximum Gasteiger partial charge on any atom is 0.124 e.